The fraction of sp³-hybridized carbons (Fsp3) is 0.583. The van der Waals surface area contributed by atoms with Gasteiger partial charge >= 0.3 is 0 Å². The number of hydrogen-bond donors (Lipinski definition) is 1. The molecule has 0 unspecified atom stereocenters. The predicted octanol–water partition coefficient (Wildman–Crippen LogP) is 0.803. The van der Waals surface area contributed by atoms with Crippen LogP contribution >= 0.6 is 0 Å². The summed E-state index contributed by atoms with van der Waals surface area (Å²) in [5, 5.41) is 4.02. The molecule has 8 nitrogen and oxygen atoms in total. The lowest BCUT2D eigenvalue weighted by molar-refractivity contribution is 0.424. The standard InChI is InChI=1S/C12H18N8/c1-19(9-5-3-2-4-6-9)11-16-10(13)17-12(18-11)20-8-14-7-15-20/h7-9H,2-6H2,1H3,(H2,13,16,17,18). The Hall–Kier alpha value is -2.25. The molecule has 1 aliphatic carbocycles. The molecule has 1 fully saturated rings. The fourth-order valence-electron chi connectivity index (χ4n) is 2.57. The van der Waals surface area contributed by atoms with Crippen molar-refractivity contribution in [2.45, 2.75) is 38.1 Å². The van der Waals surface area contributed by atoms with Crippen molar-refractivity contribution in [1.82, 2.24) is 29.7 Å². The molecule has 2 aromatic rings. The quantitative estimate of drug-likeness (QED) is 0.883. The summed E-state index contributed by atoms with van der Waals surface area (Å²) in [6, 6.07) is 0.467. The summed E-state index contributed by atoms with van der Waals surface area (Å²) in [6.45, 7) is 0. The zero-order valence-electron chi connectivity index (χ0n) is 11.5. The van der Waals surface area contributed by atoms with E-state index in [0.717, 1.165) is 0 Å². The molecule has 0 amide bonds. The number of hydrogen-bond acceptors (Lipinski definition) is 7. The van der Waals surface area contributed by atoms with Crippen LogP contribution in [0.1, 0.15) is 32.1 Å². The highest BCUT2D eigenvalue weighted by molar-refractivity contribution is 5.37. The molecule has 1 saturated carbocycles. The maximum Gasteiger partial charge on any atom is 0.258 e. The van der Waals surface area contributed by atoms with Crippen LogP contribution in [0.15, 0.2) is 12.7 Å². The second-order valence-corrected chi connectivity index (χ2v) is 5.04. The molecule has 3 rings (SSSR count). The summed E-state index contributed by atoms with van der Waals surface area (Å²) in [5.41, 5.74) is 5.78. The van der Waals surface area contributed by atoms with Gasteiger partial charge in [0.15, 0.2) is 0 Å². The van der Waals surface area contributed by atoms with Crippen molar-refractivity contribution in [1.29, 1.82) is 0 Å². The molecule has 0 spiro atoms. The third-order valence-electron chi connectivity index (χ3n) is 3.69. The topological polar surface area (TPSA) is 98.6 Å². The van der Waals surface area contributed by atoms with E-state index >= 15 is 0 Å². The van der Waals surface area contributed by atoms with Gasteiger partial charge in [-0.1, -0.05) is 19.3 Å². The van der Waals surface area contributed by atoms with Crippen molar-refractivity contribution in [2.24, 2.45) is 0 Å². The third-order valence-corrected chi connectivity index (χ3v) is 3.69. The second-order valence-electron chi connectivity index (χ2n) is 5.04. The van der Waals surface area contributed by atoms with Crippen LogP contribution in [0.4, 0.5) is 11.9 Å². The molecule has 0 aromatic carbocycles. The molecule has 0 saturated heterocycles. The first-order chi connectivity index (χ1) is 9.74. The predicted molar refractivity (Wildman–Crippen MR) is 74.4 cm³/mol. The molecule has 106 valence electrons. The minimum absolute atomic E-state index is 0.197. The molecule has 0 aliphatic heterocycles. The Bertz CT molecular complexity index is 561. The largest absolute Gasteiger partial charge is 0.368 e. The van der Waals surface area contributed by atoms with Crippen LogP contribution in [0.3, 0.4) is 0 Å². The monoisotopic (exact) mass is 274 g/mol. The van der Waals surface area contributed by atoms with Gasteiger partial charge in [-0.3, -0.25) is 0 Å². The van der Waals surface area contributed by atoms with Crippen LogP contribution in [-0.4, -0.2) is 42.8 Å². The van der Waals surface area contributed by atoms with E-state index in [2.05, 4.69) is 29.9 Å². The Kier molecular flexibility index (Phi) is 3.44. The molecule has 2 N–H and O–H groups in total. The highest BCUT2D eigenvalue weighted by atomic mass is 15.4. The first-order valence-corrected chi connectivity index (χ1v) is 6.83. The highest BCUT2D eigenvalue weighted by Gasteiger charge is 2.21. The van der Waals surface area contributed by atoms with Crippen LogP contribution in [-0.2, 0) is 0 Å². The van der Waals surface area contributed by atoms with E-state index in [1.807, 2.05) is 7.05 Å². The van der Waals surface area contributed by atoms with Gasteiger partial charge in [-0.15, -0.1) is 0 Å². The van der Waals surface area contributed by atoms with Crippen molar-refractivity contribution < 1.29 is 0 Å². The van der Waals surface area contributed by atoms with Gasteiger partial charge in [0.05, 0.1) is 0 Å². The lowest BCUT2D eigenvalue weighted by Gasteiger charge is -2.31. The molecule has 2 aromatic heterocycles. The van der Waals surface area contributed by atoms with E-state index in [0.29, 0.717) is 17.9 Å². The third kappa shape index (κ3) is 2.54. The number of anilines is 2. The van der Waals surface area contributed by atoms with Crippen molar-refractivity contribution in [3.05, 3.63) is 12.7 Å². The maximum atomic E-state index is 5.78. The second kappa shape index (κ2) is 5.40. The fourth-order valence-corrected chi connectivity index (χ4v) is 2.57. The van der Waals surface area contributed by atoms with Crippen LogP contribution in [0.2, 0.25) is 0 Å². The van der Waals surface area contributed by atoms with Crippen LogP contribution in [0.5, 0.6) is 0 Å². The first kappa shape index (κ1) is 12.8. The average Bonchev–Trinajstić information content (AvgIpc) is 3.01. The zero-order valence-corrected chi connectivity index (χ0v) is 11.5. The molecule has 0 atom stereocenters. The number of nitrogens with two attached hydrogens (primary N) is 1. The SMILES string of the molecule is CN(c1nc(N)nc(-n2cncn2)n1)C1CCCCC1. The Morgan fingerprint density at radius 3 is 2.70 bits per heavy atom. The summed E-state index contributed by atoms with van der Waals surface area (Å²) >= 11 is 0. The van der Waals surface area contributed by atoms with E-state index in [9.17, 15) is 0 Å². The number of nitrogens with zero attached hydrogens (tertiary/aromatic N) is 7. The lowest BCUT2D eigenvalue weighted by atomic mass is 9.95. The van der Waals surface area contributed by atoms with Gasteiger partial charge in [0.1, 0.15) is 12.7 Å². The van der Waals surface area contributed by atoms with Crippen LogP contribution in [0, 0.1) is 0 Å². The van der Waals surface area contributed by atoms with E-state index in [1.165, 1.54) is 43.1 Å². The Balaban J connectivity index is 1.89. The number of rotatable bonds is 3. The lowest BCUT2D eigenvalue weighted by Crippen LogP contribution is -2.35. The molecular weight excluding hydrogens is 256 g/mol. The Morgan fingerprint density at radius 2 is 2.00 bits per heavy atom. The molecule has 0 radical (unpaired) electrons. The molecule has 20 heavy (non-hydrogen) atoms. The van der Waals surface area contributed by atoms with Gasteiger partial charge in [-0.2, -0.15) is 24.7 Å². The van der Waals surface area contributed by atoms with Crippen molar-refractivity contribution in [3.8, 4) is 5.95 Å². The minimum atomic E-state index is 0.197. The summed E-state index contributed by atoms with van der Waals surface area (Å²) in [7, 11) is 2.01. The zero-order chi connectivity index (χ0) is 13.9. The van der Waals surface area contributed by atoms with Crippen molar-refractivity contribution in [2.75, 3.05) is 17.7 Å². The number of aromatic nitrogens is 6. The van der Waals surface area contributed by atoms with E-state index in [4.69, 9.17) is 5.73 Å². The molecular formula is C12H18N8. The van der Waals surface area contributed by atoms with E-state index in [-0.39, 0.29) is 5.95 Å². The van der Waals surface area contributed by atoms with Gasteiger partial charge < -0.3 is 10.6 Å². The van der Waals surface area contributed by atoms with Gasteiger partial charge in [0.2, 0.25) is 11.9 Å². The summed E-state index contributed by atoms with van der Waals surface area (Å²) in [6.07, 6.45) is 9.13. The smallest absolute Gasteiger partial charge is 0.258 e. The summed E-state index contributed by atoms with van der Waals surface area (Å²) < 4.78 is 1.48. The van der Waals surface area contributed by atoms with Gasteiger partial charge in [-0.25, -0.2) is 4.98 Å². The molecule has 2 heterocycles. The van der Waals surface area contributed by atoms with E-state index in [1.54, 1.807) is 6.33 Å². The van der Waals surface area contributed by atoms with Gasteiger partial charge in [-0.05, 0) is 12.8 Å². The first-order valence-electron chi connectivity index (χ1n) is 6.83. The highest BCUT2D eigenvalue weighted by Crippen LogP contribution is 2.24. The molecule has 1 aliphatic rings. The maximum absolute atomic E-state index is 5.78. The normalized spacial score (nSPS) is 16.2. The molecule has 0 bridgehead atoms. The number of nitrogen functional groups attached to an aromatic ring is 1. The van der Waals surface area contributed by atoms with E-state index < -0.39 is 0 Å². The summed E-state index contributed by atoms with van der Waals surface area (Å²) in [5.74, 6) is 1.19. The minimum Gasteiger partial charge on any atom is -0.368 e. The van der Waals surface area contributed by atoms with Gasteiger partial charge in [0.25, 0.3) is 5.95 Å². The summed E-state index contributed by atoms with van der Waals surface area (Å²) in [4.78, 5) is 18.8. The van der Waals surface area contributed by atoms with Crippen molar-refractivity contribution >= 4 is 11.9 Å². The Labute approximate surface area is 117 Å². The Morgan fingerprint density at radius 1 is 1.20 bits per heavy atom. The van der Waals surface area contributed by atoms with Crippen LogP contribution in [0.25, 0.3) is 5.95 Å². The van der Waals surface area contributed by atoms with Crippen LogP contribution < -0.4 is 10.6 Å². The molecule has 8 heteroatoms. The van der Waals surface area contributed by atoms with Crippen molar-refractivity contribution in [3.63, 3.8) is 0 Å². The van der Waals surface area contributed by atoms with Gasteiger partial charge in [0, 0.05) is 13.1 Å². The average molecular weight is 274 g/mol.